The molecule has 0 bridgehead atoms. The van der Waals surface area contributed by atoms with Gasteiger partial charge in [0.2, 0.25) is 0 Å². The number of likely N-dealkylation sites (tertiary alicyclic amines) is 2. The molecule has 2 aromatic rings. The van der Waals surface area contributed by atoms with E-state index in [0.717, 1.165) is 51.1 Å². The largest absolute Gasteiger partial charge is 0.339 e. The molecule has 1 aromatic carbocycles. The summed E-state index contributed by atoms with van der Waals surface area (Å²) < 4.78 is 0. The van der Waals surface area contributed by atoms with Gasteiger partial charge >= 0.3 is 0 Å². The minimum atomic E-state index is 0.121. The summed E-state index contributed by atoms with van der Waals surface area (Å²) in [4.78, 5) is 21.0. The molecular formula is C21H22N4O. The second-order valence-electron chi connectivity index (χ2n) is 7.48. The number of hydrogen-bond donors (Lipinski definition) is 0. The van der Waals surface area contributed by atoms with Crippen LogP contribution in [0.4, 0.5) is 0 Å². The number of hydrogen-bond acceptors (Lipinski definition) is 4. The molecule has 26 heavy (non-hydrogen) atoms. The summed E-state index contributed by atoms with van der Waals surface area (Å²) in [5, 5.41) is 8.88. The summed E-state index contributed by atoms with van der Waals surface area (Å²) in [7, 11) is 0. The molecule has 2 fully saturated rings. The van der Waals surface area contributed by atoms with Gasteiger partial charge in [-0.3, -0.25) is 14.7 Å². The van der Waals surface area contributed by atoms with Crippen LogP contribution in [0.3, 0.4) is 0 Å². The number of aromatic nitrogens is 1. The van der Waals surface area contributed by atoms with Gasteiger partial charge in [-0.2, -0.15) is 5.26 Å². The van der Waals surface area contributed by atoms with E-state index in [9.17, 15) is 4.79 Å². The van der Waals surface area contributed by atoms with E-state index in [1.807, 2.05) is 29.2 Å². The number of nitrogens with zero attached hydrogens (tertiary/aromatic N) is 4. The lowest BCUT2D eigenvalue weighted by atomic mass is 9.72. The highest BCUT2D eigenvalue weighted by Gasteiger charge is 2.45. The fourth-order valence-corrected chi connectivity index (χ4v) is 4.13. The van der Waals surface area contributed by atoms with Crippen LogP contribution in [-0.2, 0) is 6.54 Å². The van der Waals surface area contributed by atoms with Gasteiger partial charge in [0.05, 0.1) is 11.6 Å². The van der Waals surface area contributed by atoms with Gasteiger partial charge in [0, 0.05) is 50.7 Å². The quantitative estimate of drug-likeness (QED) is 0.857. The zero-order valence-electron chi connectivity index (χ0n) is 14.8. The standard InChI is InChI=1S/C21H22N4O/c22-13-17-1-3-18(4-2-17)14-24-15-21(16-24)7-11-25(12-8-21)20(26)19-5-9-23-10-6-19/h1-6,9-10H,7-8,11-12,14-16H2. The summed E-state index contributed by atoms with van der Waals surface area (Å²) in [5.41, 5.74) is 3.07. The lowest BCUT2D eigenvalue weighted by Crippen LogP contribution is -2.60. The Morgan fingerprint density at radius 3 is 2.35 bits per heavy atom. The third-order valence-corrected chi connectivity index (χ3v) is 5.65. The maximum absolute atomic E-state index is 12.5. The second-order valence-corrected chi connectivity index (χ2v) is 7.48. The molecule has 1 aromatic heterocycles. The number of nitriles is 1. The van der Waals surface area contributed by atoms with E-state index in [4.69, 9.17) is 5.26 Å². The Morgan fingerprint density at radius 1 is 1.08 bits per heavy atom. The van der Waals surface area contributed by atoms with Gasteiger partial charge in [-0.25, -0.2) is 0 Å². The number of benzene rings is 1. The lowest BCUT2D eigenvalue weighted by molar-refractivity contribution is -0.0465. The van der Waals surface area contributed by atoms with Gasteiger partial charge in [0.1, 0.15) is 0 Å². The molecule has 3 heterocycles. The third-order valence-electron chi connectivity index (χ3n) is 5.65. The number of carbonyl (C=O) groups excluding carboxylic acids is 1. The highest BCUT2D eigenvalue weighted by molar-refractivity contribution is 5.94. The number of carbonyl (C=O) groups is 1. The molecular weight excluding hydrogens is 324 g/mol. The van der Waals surface area contributed by atoms with Crippen LogP contribution in [0.5, 0.6) is 0 Å². The van der Waals surface area contributed by atoms with Crippen LogP contribution in [0, 0.1) is 16.7 Å². The molecule has 0 atom stereocenters. The zero-order valence-corrected chi connectivity index (χ0v) is 14.8. The molecule has 2 saturated heterocycles. The van der Waals surface area contributed by atoms with Crippen molar-refractivity contribution in [3.8, 4) is 6.07 Å². The number of piperidine rings is 1. The maximum atomic E-state index is 12.5. The van der Waals surface area contributed by atoms with Crippen LogP contribution in [0.25, 0.3) is 0 Å². The van der Waals surface area contributed by atoms with Crippen LogP contribution in [0.1, 0.15) is 34.3 Å². The van der Waals surface area contributed by atoms with E-state index in [0.29, 0.717) is 11.0 Å². The fraction of sp³-hybridized carbons (Fsp3) is 0.381. The molecule has 1 spiro atoms. The van der Waals surface area contributed by atoms with Crippen LogP contribution >= 0.6 is 0 Å². The molecule has 2 aliphatic rings. The predicted octanol–water partition coefficient (Wildman–Crippen LogP) is 2.69. The second kappa shape index (κ2) is 6.89. The van der Waals surface area contributed by atoms with Crippen molar-refractivity contribution in [2.75, 3.05) is 26.2 Å². The maximum Gasteiger partial charge on any atom is 0.253 e. The number of pyridine rings is 1. The van der Waals surface area contributed by atoms with Gasteiger partial charge in [0.15, 0.2) is 0 Å². The predicted molar refractivity (Wildman–Crippen MR) is 98.2 cm³/mol. The van der Waals surface area contributed by atoms with Gasteiger partial charge in [-0.05, 0) is 48.1 Å². The summed E-state index contributed by atoms with van der Waals surface area (Å²) >= 11 is 0. The van der Waals surface area contributed by atoms with E-state index in [1.165, 1.54) is 5.56 Å². The van der Waals surface area contributed by atoms with Gasteiger partial charge in [-0.15, -0.1) is 0 Å². The van der Waals surface area contributed by atoms with Crippen molar-refractivity contribution >= 4 is 5.91 Å². The first kappa shape index (κ1) is 16.7. The van der Waals surface area contributed by atoms with Crippen LogP contribution in [0.15, 0.2) is 48.8 Å². The molecule has 4 rings (SSSR count). The first-order chi connectivity index (χ1) is 12.7. The van der Waals surface area contributed by atoms with E-state index >= 15 is 0 Å². The molecule has 0 aliphatic carbocycles. The Labute approximate surface area is 153 Å². The van der Waals surface area contributed by atoms with Crippen molar-refractivity contribution in [3.63, 3.8) is 0 Å². The van der Waals surface area contributed by atoms with Crippen molar-refractivity contribution in [3.05, 3.63) is 65.5 Å². The monoisotopic (exact) mass is 346 g/mol. The molecule has 2 aliphatic heterocycles. The normalized spacial score (nSPS) is 19.0. The molecule has 0 saturated carbocycles. The van der Waals surface area contributed by atoms with Crippen molar-refractivity contribution < 1.29 is 4.79 Å². The molecule has 132 valence electrons. The van der Waals surface area contributed by atoms with Crippen LogP contribution in [-0.4, -0.2) is 46.9 Å². The fourth-order valence-electron chi connectivity index (χ4n) is 4.13. The number of amides is 1. The van der Waals surface area contributed by atoms with Crippen molar-refractivity contribution in [1.82, 2.24) is 14.8 Å². The third kappa shape index (κ3) is 3.33. The average molecular weight is 346 g/mol. The highest BCUT2D eigenvalue weighted by atomic mass is 16.2. The average Bonchev–Trinajstić information content (AvgIpc) is 2.68. The molecule has 5 nitrogen and oxygen atoms in total. The Kier molecular flexibility index (Phi) is 4.44. The molecule has 5 heteroatoms. The Bertz CT molecular complexity index is 809. The van der Waals surface area contributed by atoms with E-state index in [2.05, 4.69) is 16.0 Å². The number of rotatable bonds is 3. The van der Waals surface area contributed by atoms with Gasteiger partial charge in [0.25, 0.3) is 5.91 Å². The van der Waals surface area contributed by atoms with Crippen LogP contribution < -0.4 is 0 Å². The first-order valence-electron chi connectivity index (χ1n) is 9.08. The minimum Gasteiger partial charge on any atom is -0.339 e. The summed E-state index contributed by atoms with van der Waals surface area (Å²) in [6.45, 7) is 4.82. The summed E-state index contributed by atoms with van der Waals surface area (Å²) in [6.07, 6.45) is 5.50. The summed E-state index contributed by atoms with van der Waals surface area (Å²) in [5.74, 6) is 0.121. The van der Waals surface area contributed by atoms with E-state index < -0.39 is 0 Å². The van der Waals surface area contributed by atoms with Crippen LogP contribution in [0.2, 0.25) is 0 Å². The molecule has 0 radical (unpaired) electrons. The highest BCUT2D eigenvalue weighted by Crippen LogP contribution is 2.41. The molecule has 0 N–H and O–H groups in total. The van der Waals surface area contributed by atoms with E-state index in [1.54, 1.807) is 24.5 Å². The summed E-state index contributed by atoms with van der Waals surface area (Å²) in [6, 6.07) is 13.6. The first-order valence-corrected chi connectivity index (χ1v) is 9.08. The molecule has 0 unspecified atom stereocenters. The minimum absolute atomic E-state index is 0.121. The van der Waals surface area contributed by atoms with Crippen molar-refractivity contribution in [1.29, 1.82) is 5.26 Å². The Morgan fingerprint density at radius 2 is 1.73 bits per heavy atom. The SMILES string of the molecule is N#Cc1ccc(CN2CC3(CCN(C(=O)c4ccncc4)CC3)C2)cc1. The van der Waals surface area contributed by atoms with E-state index in [-0.39, 0.29) is 5.91 Å². The Balaban J connectivity index is 1.28. The van der Waals surface area contributed by atoms with Crippen molar-refractivity contribution in [2.24, 2.45) is 5.41 Å². The zero-order chi connectivity index (χ0) is 18.0. The van der Waals surface area contributed by atoms with Gasteiger partial charge < -0.3 is 4.90 Å². The van der Waals surface area contributed by atoms with Gasteiger partial charge in [-0.1, -0.05) is 12.1 Å². The Hall–Kier alpha value is -2.71. The topological polar surface area (TPSA) is 60.2 Å². The lowest BCUT2D eigenvalue weighted by Gasteiger charge is -2.54. The smallest absolute Gasteiger partial charge is 0.253 e. The van der Waals surface area contributed by atoms with Crippen molar-refractivity contribution in [2.45, 2.75) is 19.4 Å². The molecule has 1 amide bonds.